The van der Waals surface area contributed by atoms with Crippen LogP contribution in [0.2, 0.25) is 0 Å². The number of rotatable bonds is 5. The number of aryl methyl sites for hydroxylation is 1. The van der Waals surface area contributed by atoms with Gasteiger partial charge in [0.15, 0.2) is 0 Å². The van der Waals surface area contributed by atoms with Crippen LogP contribution < -0.4 is 4.90 Å². The van der Waals surface area contributed by atoms with Crippen molar-refractivity contribution in [3.8, 4) is 0 Å². The number of morpholine rings is 1. The molecule has 32 heavy (non-hydrogen) atoms. The largest absolute Gasteiger partial charge is 0.379 e. The van der Waals surface area contributed by atoms with Crippen molar-refractivity contribution in [2.24, 2.45) is 0 Å². The lowest BCUT2D eigenvalue weighted by Crippen LogP contribution is -2.40. The summed E-state index contributed by atoms with van der Waals surface area (Å²) in [4.78, 5) is 8.91. The molecule has 0 radical (unpaired) electrons. The Kier molecular flexibility index (Phi) is 6.16. The average molecular weight is 473 g/mol. The predicted octanol–water partition coefficient (Wildman–Crippen LogP) is 3.58. The second-order valence-corrected chi connectivity index (χ2v) is 11.1. The highest BCUT2D eigenvalue weighted by Crippen LogP contribution is 2.34. The van der Waals surface area contributed by atoms with Gasteiger partial charge in [0.25, 0.3) is 0 Å². The number of thioether (sulfide) groups is 1. The van der Waals surface area contributed by atoms with Crippen LogP contribution in [0.15, 0.2) is 52.3 Å². The highest BCUT2D eigenvalue weighted by Gasteiger charge is 2.27. The third-order valence-electron chi connectivity index (χ3n) is 6.09. The van der Waals surface area contributed by atoms with Gasteiger partial charge >= 0.3 is 0 Å². The zero-order valence-electron chi connectivity index (χ0n) is 18.2. The van der Waals surface area contributed by atoms with E-state index in [0.29, 0.717) is 37.7 Å². The second-order valence-electron chi connectivity index (χ2n) is 8.03. The molecular weight excluding hydrogens is 444 g/mol. The van der Waals surface area contributed by atoms with E-state index >= 15 is 0 Å². The summed E-state index contributed by atoms with van der Waals surface area (Å²) in [5.41, 5.74) is 2.95. The fraction of sp³-hybridized carbons (Fsp3) is 0.435. The maximum Gasteiger partial charge on any atom is 0.243 e. The van der Waals surface area contributed by atoms with Gasteiger partial charge in [-0.25, -0.2) is 13.4 Å². The van der Waals surface area contributed by atoms with E-state index in [1.165, 1.54) is 14.9 Å². The molecule has 0 unspecified atom stereocenters. The van der Waals surface area contributed by atoms with E-state index in [0.717, 1.165) is 42.1 Å². The molecule has 2 aromatic carbocycles. The van der Waals surface area contributed by atoms with Crippen molar-refractivity contribution in [2.45, 2.75) is 36.2 Å². The molecule has 7 nitrogen and oxygen atoms in total. The average Bonchev–Trinajstić information content (AvgIpc) is 3.04. The minimum atomic E-state index is -3.54. The third-order valence-corrected chi connectivity index (χ3v) is 9.13. The smallest absolute Gasteiger partial charge is 0.243 e. The minimum Gasteiger partial charge on any atom is -0.379 e. The van der Waals surface area contributed by atoms with Crippen molar-refractivity contribution < 1.29 is 13.2 Å². The number of sulfonamides is 1. The van der Waals surface area contributed by atoms with Crippen LogP contribution in [0.4, 0.5) is 5.69 Å². The monoisotopic (exact) mass is 472 g/mol. The summed E-state index contributed by atoms with van der Waals surface area (Å²) in [7, 11) is -3.54. The zero-order valence-corrected chi connectivity index (χ0v) is 19.9. The molecule has 3 aromatic rings. The summed E-state index contributed by atoms with van der Waals surface area (Å²) in [6.07, 6.45) is 1.12. The van der Waals surface area contributed by atoms with E-state index in [-0.39, 0.29) is 0 Å². The standard InChI is InChI=1S/C23H28N4O3S2/c1-2-27-20-9-8-18(32(28,29)26-11-13-30-14-12-26)16-19(20)24-23(27)17-25-10-5-15-31-22-7-4-3-6-21(22)25/h3-4,6-9,16H,2,5,10-15,17H2,1H3. The Hall–Kier alpha value is -2.07. The number of para-hydroxylation sites is 1. The molecule has 0 N–H and O–H groups in total. The molecule has 1 fully saturated rings. The molecule has 0 atom stereocenters. The Balaban J connectivity index is 1.49. The van der Waals surface area contributed by atoms with Crippen molar-refractivity contribution in [2.75, 3.05) is 43.5 Å². The first-order valence-electron chi connectivity index (χ1n) is 11.1. The zero-order chi connectivity index (χ0) is 22.1. The number of hydrogen-bond donors (Lipinski definition) is 0. The van der Waals surface area contributed by atoms with Gasteiger partial charge in [0, 0.05) is 31.1 Å². The van der Waals surface area contributed by atoms with E-state index in [9.17, 15) is 8.42 Å². The van der Waals surface area contributed by atoms with Gasteiger partial charge in [-0.3, -0.25) is 0 Å². The van der Waals surface area contributed by atoms with Crippen molar-refractivity contribution in [3.05, 3.63) is 48.3 Å². The van der Waals surface area contributed by atoms with Crippen molar-refractivity contribution in [1.29, 1.82) is 0 Å². The Labute approximate surface area is 193 Å². The molecule has 5 rings (SSSR count). The molecule has 9 heteroatoms. The van der Waals surface area contributed by atoms with Crippen molar-refractivity contribution >= 4 is 38.5 Å². The number of nitrogens with zero attached hydrogens (tertiary/aromatic N) is 4. The minimum absolute atomic E-state index is 0.302. The quantitative estimate of drug-likeness (QED) is 0.566. The van der Waals surface area contributed by atoms with Gasteiger partial charge in [0.1, 0.15) is 5.82 Å². The lowest BCUT2D eigenvalue weighted by Gasteiger charge is -2.26. The molecule has 0 amide bonds. The molecule has 2 aliphatic rings. The van der Waals surface area contributed by atoms with Crippen LogP contribution in [0.1, 0.15) is 19.2 Å². The SMILES string of the molecule is CCn1c(CN2CCCSc3ccccc32)nc2cc(S(=O)(=O)N3CCOCC3)ccc21. The van der Waals surface area contributed by atoms with Crippen molar-refractivity contribution in [3.63, 3.8) is 0 Å². The topological polar surface area (TPSA) is 67.7 Å². The van der Waals surface area contributed by atoms with Crippen LogP contribution in [-0.4, -0.2) is 60.9 Å². The molecule has 170 valence electrons. The normalized spacial score (nSPS) is 18.0. The number of benzene rings is 2. The summed E-state index contributed by atoms with van der Waals surface area (Å²) >= 11 is 1.91. The number of fused-ring (bicyclic) bond motifs is 2. The summed E-state index contributed by atoms with van der Waals surface area (Å²) in [5, 5.41) is 0. The third kappa shape index (κ3) is 4.03. The summed E-state index contributed by atoms with van der Waals surface area (Å²) in [6, 6.07) is 13.9. The molecule has 1 saturated heterocycles. The first-order chi connectivity index (χ1) is 15.6. The maximum atomic E-state index is 13.1. The maximum absolute atomic E-state index is 13.1. The summed E-state index contributed by atoms with van der Waals surface area (Å²) in [5.74, 6) is 2.07. The van der Waals surface area contributed by atoms with Gasteiger partial charge in [-0.05, 0) is 49.4 Å². The second kappa shape index (κ2) is 9.05. The van der Waals surface area contributed by atoms with E-state index in [4.69, 9.17) is 9.72 Å². The lowest BCUT2D eigenvalue weighted by molar-refractivity contribution is 0.0730. The predicted molar refractivity (Wildman–Crippen MR) is 128 cm³/mol. The highest BCUT2D eigenvalue weighted by atomic mass is 32.2. The molecular formula is C23H28N4O3S2. The van der Waals surface area contributed by atoms with Crippen LogP contribution >= 0.6 is 11.8 Å². The van der Waals surface area contributed by atoms with Gasteiger partial charge < -0.3 is 14.2 Å². The van der Waals surface area contributed by atoms with Crippen LogP contribution in [0.3, 0.4) is 0 Å². The van der Waals surface area contributed by atoms with Gasteiger partial charge in [0.2, 0.25) is 10.0 Å². The Morgan fingerprint density at radius 2 is 1.91 bits per heavy atom. The first-order valence-corrected chi connectivity index (χ1v) is 13.5. The Bertz CT molecular complexity index is 1220. The molecule has 1 aromatic heterocycles. The summed E-state index contributed by atoms with van der Waals surface area (Å²) < 4.78 is 35.2. The number of ether oxygens (including phenoxy) is 1. The van der Waals surface area contributed by atoms with E-state index in [1.807, 2.05) is 17.8 Å². The number of aromatic nitrogens is 2. The number of anilines is 1. The fourth-order valence-electron chi connectivity index (χ4n) is 4.46. The van der Waals surface area contributed by atoms with Crippen LogP contribution in [0.25, 0.3) is 11.0 Å². The fourth-order valence-corrected chi connectivity index (χ4v) is 6.90. The molecule has 3 heterocycles. The van der Waals surface area contributed by atoms with Crippen LogP contribution in [0.5, 0.6) is 0 Å². The Morgan fingerprint density at radius 3 is 2.72 bits per heavy atom. The van der Waals surface area contributed by atoms with Gasteiger partial charge in [-0.15, -0.1) is 11.8 Å². The molecule has 0 saturated carbocycles. The van der Waals surface area contributed by atoms with E-state index in [2.05, 4.69) is 40.7 Å². The number of hydrogen-bond acceptors (Lipinski definition) is 6. The highest BCUT2D eigenvalue weighted by molar-refractivity contribution is 7.99. The van der Waals surface area contributed by atoms with Crippen LogP contribution in [-0.2, 0) is 27.8 Å². The van der Waals surface area contributed by atoms with Gasteiger partial charge in [0.05, 0.1) is 41.4 Å². The van der Waals surface area contributed by atoms with Crippen LogP contribution in [0, 0.1) is 0 Å². The lowest BCUT2D eigenvalue weighted by atomic mass is 10.2. The number of imidazole rings is 1. The molecule has 0 aliphatic carbocycles. The summed E-state index contributed by atoms with van der Waals surface area (Å²) in [6.45, 7) is 6.22. The molecule has 0 spiro atoms. The van der Waals surface area contributed by atoms with Gasteiger partial charge in [-0.2, -0.15) is 4.31 Å². The van der Waals surface area contributed by atoms with E-state index in [1.54, 1.807) is 12.1 Å². The Morgan fingerprint density at radius 1 is 1.09 bits per heavy atom. The van der Waals surface area contributed by atoms with E-state index < -0.39 is 10.0 Å². The van der Waals surface area contributed by atoms with Gasteiger partial charge in [-0.1, -0.05) is 12.1 Å². The van der Waals surface area contributed by atoms with Crippen molar-refractivity contribution in [1.82, 2.24) is 13.9 Å². The first kappa shape index (κ1) is 21.8. The molecule has 0 bridgehead atoms. The molecule has 2 aliphatic heterocycles.